The van der Waals surface area contributed by atoms with Gasteiger partial charge in [0.2, 0.25) is 5.91 Å². The molecular weight excluding hydrogens is 535 g/mol. The first-order valence-corrected chi connectivity index (χ1v) is 10.7. The molecule has 1 atom stereocenters. The zero-order chi connectivity index (χ0) is 19.0. The van der Waals surface area contributed by atoms with Crippen molar-refractivity contribution in [2.75, 3.05) is 30.9 Å². The van der Waals surface area contributed by atoms with Crippen LogP contribution in [0.5, 0.6) is 0 Å². The van der Waals surface area contributed by atoms with E-state index in [1.165, 1.54) is 6.26 Å². The van der Waals surface area contributed by atoms with Gasteiger partial charge in [0.25, 0.3) is 0 Å². The molecule has 1 rings (SSSR count). The largest absolute Gasteiger partial charge is 0.354 e. The van der Waals surface area contributed by atoms with Crippen LogP contribution in [0.3, 0.4) is 0 Å². The third kappa shape index (κ3) is 10.3. The highest BCUT2D eigenvalue weighted by molar-refractivity contribution is 14.0. The molecule has 10 heteroatoms. The van der Waals surface area contributed by atoms with Crippen LogP contribution in [-0.4, -0.2) is 51.9 Å². The van der Waals surface area contributed by atoms with Gasteiger partial charge >= 0.3 is 0 Å². The normalized spacial score (nSPS) is 12.7. The molecule has 0 spiro atoms. The molecule has 1 aromatic carbocycles. The van der Waals surface area contributed by atoms with Crippen molar-refractivity contribution in [1.29, 1.82) is 0 Å². The fourth-order valence-corrected chi connectivity index (χ4v) is 3.12. The molecule has 0 bridgehead atoms. The number of hydrogen-bond donors (Lipinski definition) is 3. The summed E-state index contributed by atoms with van der Waals surface area (Å²) in [6.07, 6.45) is 1.67. The standard InChI is InChI=1S/C16H25BrN4O3S.HI/c1-11-5-6-13(17)9-14(11)21-15(22)10-19-16(18-3)20-12(2)7-8-25(4,23)24;/h5-6,9,12H,7-8,10H2,1-4H3,(H,21,22)(H2,18,19,20);1H. The van der Waals surface area contributed by atoms with Crippen molar-refractivity contribution >= 4 is 67.3 Å². The van der Waals surface area contributed by atoms with Crippen LogP contribution >= 0.6 is 39.9 Å². The molecule has 1 aromatic rings. The van der Waals surface area contributed by atoms with Gasteiger partial charge in [0, 0.05) is 29.5 Å². The minimum atomic E-state index is -3.00. The molecule has 0 saturated carbocycles. The van der Waals surface area contributed by atoms with Gasteiger partial charge in [0.15, 0.2) is 5.96 Å². The Labute approximate surface area is 180 Å². The number of hydrogen-bond acceptors (Lipinski definition) is 4. The van der Waals surface area contributed by atoms with E-state index in [4.69, 9.17) is 0 Å². The minimum absolute atomic E-state index is 0. The van der Waals surface area contributed by atoms with Crippen LogP contribution in [0.25, 0.3) is 0 Å². The summed E-state index contributed by atoms with van der Waals surface area (Å²) in [5.74, 6) is 0.343. The van der Waals surface area contributed by atoms with Gasteiger partial charge in [-0.25, -0.2) is 8.42 Å². The number of benzene rings is 1. The summed E-state index contributed by atoms with van der Waals surface area (Å²) in [4.78, 5) is 16.1. The predicted octanol–water partition coefficient (Wildman–Crippen LogP) is 2.30. The summed E-state index contributed by atoms with van der Waals surface area (Å²) in [7, 11) is -1.41. The van der Waals surface area contributed by atoms with Crippen LogP contribution in [0, 0.1) is 6.92 Å². The van der Waals surface area contributed by atoms with E-state index in [9.17, 15) is 13.2 Å². The average Bonchev–Trinajstić information content (AvgIpc) is 2.52. The van der Waals surface area contributed by atoms with E-state index in [2.05, 4.69) is 36.9 Å². The number of sulfone groups is 1. The maximum Gasteiger partial charge on any atom is 0.243 e. The molecule has 0 aliphatic heterocycles. The first kappa shape index (κ1) is 25.1. The van der Waals surface area contributed by atoms with Gasteiger partial charge < -0.3 is 16.0 Å². The lowest BCUT2D eigenvalue weighted by atomic mass is 10.2. The monoisotopic (exact) mass is 560 g/mol. The van der Waals surface area contributed by atoms with Crippen LogP contribution in [-0.2, 0) is 14.6 Å². The van der Waals surface area contributed by atoms with Gasteiger partial charge in [-0.15, -0.1) is 24.0 Å². The summed E-state index contributed by atoms with van der Waals surface area (Å²) < 4.78 is 23.3. The Morgan fingerprint density at radius 1 is 1.35 bits per heavy atom. The molecule has 3 N–H and O–H groups in total. The van der Waals surface area contributed by atoms with Crippen LogP contribution < -0.4 is 16.0 Å². The molecular formula is C16H26BrIN4O3S. The van der Waals surface area contributed by atoms with E-state index in [0.717, 1.165) is 15.7 Å². The molecule has 1 unspecified atom stereocenters. The highest BCUT2D eigenvalue weighted by Gasteiger charge is 2.11. The van der Waals surface area contributed by atoms with Crippen molar-refractivity contribution in [3.8, 4) is 0 Å². The Kier molecular flexibility index (Phi) is 11.4. The number of aryl methyl sites for hydroxylation is 1. The molecule has 0 aliphatic rings. The number of halogens is 2. The number of anilines is 1. The molecule has 26 heavy (non-hydrogen) atoms. The van der Waals surface area contributed by atoms with E-state index >= 15 is 0 Å². The van der Waals surface area contributed by atoms with Gasteiger partial charge in [-0.3, -0.25) is 9.79 Å². The van der Waals surface area contributed by atoms with Crippen LogP contribution in [0.2, 0.25) is 0 Å². The predicted molar refractivity (Wildman–Crippen MR) is 121 cm³/mol. The van der Waals surface area contributed by atoms with Crippen molar-refractivity contribution in [3.05, 3.63) is 28.2 Å². The van der Waals surface area contributed by atoms with Gasteiger partial charge in [0.1, 0.15) is 9.84 Å². The van der Waals surface area contributed by atoms with E-state index in [-0.39, 0.29) is 48.2 Å². The van der Waals surface area contributed by atoms with Crippen LogP contribution in [0.1, 0.15) is 18.9 Å². The van der Waals surface area contributed by atoms with Gasteiger partial charge in [-0.2, -0.15) is 0 Å². The van der Waals surface area contributed by atoms with Crippen molar-refractivity contribution < 1.29 is 13.2 Å². The Hall–Kier alpha value is -0.880. The Morgan fingerprint density at radius 3 is 2.58 bits per heavy atom. The second kappa shape index (κ2) is 11.8. The number of carbonyl (C=O) groups excluding carboxylic acids is 1. The fraction of sp³-hybridized carbons (Fsp3) is 0.500. The highest BCUT2D eigenvalue weighted by atomic mass is 127. The second-order valence-corrected chi connectivity index (χ2v) is 9.07. The first-order valence-electron chi connectivity index (χ1n) is 7.81. The number of nitrogens with one attached hydrogen (secondary N) is 3. The molecule has 148 valence electrons. The lowest BCUT2D eigenvalue weighted by Gasteiger charge is -2.17. The molecule has 0 radical (unpaired) electrons. The van der Waals surface area contributed by atoms with Crippen LogP contribution in [0.4, 0.5) is 5.69 Å². The molecule has 0 aromatic heterocycles. The maximum absolute atomic E-state index is 12.1. The van der Waals surface area contributed by atoms with E-state index in [0.29, 0.717) is 12.4 Å². The lowest BCUT2D eigenvalue weighted by Crippen LogP contribution is -2.45. The molecule has 7 nitrogen and oxygen atoms in total. The number of nitrogens with zero attached hydrogens (tertiary/aromatic N) is 1. The second-order valence-electron chi connectivity index (χ2n) is 5.90. The Morgan fingerprint density at radius 2 is 2.00 bits per heavy atom. The molecule has 0 fully saturated rings. The summed E-state index contributed by atoms with van der Waals surface area (Å²) in [6.45, 7) is 3.83. The van der Waals surface area contributed by atoms with Gasteiger partial charge in [-0.1, -0.05) is 22.0 Å². The Bertz CT molecular complexity index is 741. The third-order valence-electron chi connectivity index (χ3n) is 3.42. The quantitative estimate of drug-likeness (QED) is 0.270. The maximum atomic E-state index is 12.1. The Balaban J connectivity index is 0.00000625. The van der Waals surface area contributed by atoms with Crippen molar-refractivity contribution in [1.82, 2.24) is 10.6 Å². The zero-order valence-electron chi connectivity index (χ0n) is 15.3. The topological polar surface area (TPSA) is 99.7 Å². The van der Waals surface area contributed by atoms with E-state index < -0.39 is 9.84 Å². The van der Waals surface area contributed by atoms with E-state index in [1.54, 1.807) is 7.05 Å². The number of carbonyl (C=O) groups is 1. The molecule has 0 aliphatic carbocycles. The summed E-state index contributed by atoms with van der Waals surface area (Å²) in [6, 6.07) is 5.58. The molecule has 0 heterocycles. The summed E-state index contributed by atoms with van der Waals surface area (Å²) >= 11 is 3.38. The SMILES string of the molecule is CN=C(NCC(=O)Nc1cc(Br)ccc1C)NC(C)CCS(C)(=O)=O.I. The van der Waals surface area contributed by atoms with Gasteiger partial charge in [0.05, 0.1) is 12.3 Å². The smallest absolute Gasteiger partial charge is 0.243 e. The highest BCUT2D eigenvalue weighted by Crippen LogP contribution is 2.20. The summed E-state index contributed by atoms with van der Waals surface area (Å²) in [5.41, 5.74) is 1.71. The first-order chi connectivity index (χ1) is 11.6. The minimum Gasteiger partial charge on any atom is -0.354 e. The van der Waals surface area contributed by atoms with Crippen molar-refractivity contribution in [3.63, 3.8) is 0 Å². The van der Waals surface area contributed by atoms with Gasteiger partial charge in [-0.05, 0) is 38.0 Å². The third-order valence-corrected chi connectivity index (χ3v) is 4.89. The number of rotatable bonds is 7. The molecule has 0 saturated heterocycles. The molecule has 1 amide bonds. The van der Waals surface area contributed by atoms with Crippen molar-refractivity contribution in [2.45, 2.75) is 26.3 Å². The van der Waals surface area contributed by atoms with E-state index in [1.807, 2.05) is 32.0 Å². The number of amides is 1. The fourth-order valence-electron chi connectivity index (χ4n) is 1.98. The summed E-state index contributed by atoms with van der Waals surface area (Å²) in [5, 5.41) is 8.82. The van der Waals surface area contributed by atoms with Crippen molar-refractivity contribution in [2.24, 2.45) is 4.99 Å². The number of guanidine groups is 1. The number of aliphatic imine (C=N–C) groups is 1. The average molecular weight is 561 g/mol. The lowest BCUT2D eigenvalue weighted by molar-refractivity contribution is -0.115. The van der Waals surface area contributed by atoms with Crippen LogP contribution in [0.15, 0.2) is 27.7 Å². The zero-order valence-corrected chi connectivity index (χ0v) is 20.0.